The fourth-order valence-corrected chi connectivity index (χ4v) is 4.08. The van der Waals surface area contributed by atoms with Gasteiger partial charge in [0, 0.05) is 49.1 Å². The molecule has 1 aromatic carbocycles. The van der Waals surface area contributed by atoms with Crippen molar-refractivity contribution in [3.05, 3.63) is 47.0 Å². The van der Waals surface area contributed by atoms with Gasteiger partial charge in [-0.05, 0) is 48.1 Å². The molecule has 0 spiro atoms. The number of hydrogen-bond acceptors (Lipinski definition) is 3. The molecule has 1 aromatic heterocycles. The molecule has 1 aliphatic heterocycles. The Morgan fingerprint density at radius 2 is 2.07 bits per heavy atom. The lowest BCUT2D eigenvalue weighted by atomic mass is 9.93. The van der Waals surface area contributed by atoms with Crippen LogP contribution in [-0.2, 0) is 22.4 Å². The van der Waals surface area contributed by atoms with Gasteiger partial charge in [-0.3, -0.25) is 14.6 Å². The lowest BCUT2D eigenvalue weighted by molar-refractivity contribution is -0.121. The van der Waals surface area contributed by atoms with E-state index in [4.69, 9.17) is 0 Å². The van der Waals surface area contributed by atoms with Crippen LogP contribution in [0.2, 0.25) is 0 Å². The zero-order chi connectivity index (χ0) is 19.1. The van der Waals surface area contributed by atoms with Crippen molar-refractivity contribution in [2.45, 2.75) is 45.1 Å². The van der Waals surface area contributed by atoms with E-state index in [0.29, 0.717) is 30.5 Å². The third-order valence-electron chi connectivity index (χ3n) is 5.61. The number of benzene rings is 1. The van der Waals surface area contributed by atoms with Gasteiger partial charge in [-0.2, -0.15) is 0 Å². The predicted octanol–water partition coefficient (Wildman–Crippen LogP) is 3.31. The van der Waals surface area contributed by atoms with Gasteiger partial charge in [-0.1, -0.05) is 6.92 Å². The highest BCUT2D eigenvalue weighted by atomic mass is 19.1. The molecule has 0 radical (unpaired) electrons. The summed E-state index contributed by atoms with van der Waals surface area (Å²) in [6.45, 7) is 1.82. The van der Waals surface area contributed by atoms with Crippen LogP contribution in [0.3, 0.4) is 0 Å². The number of nitrogens with zero attached hydrogens (tertiary/aromatic N) is 2. The Labute approximate surface area is 157 Å². The largest absolute Gasteiger partial charge is 0.349 e. The molecule has 1 aliphatic carbocycles. The summed E-state index contributed by atoms with van der Waals surface area (Å²) >= 11 is 0. The molecule has 0 bridgehead atoms. The Morgan fingerprint density at radius 3 is 2.85 bits per heavy atom. The Balaban J connectivity index is 1.76. The highest BCUT2D eigenvalue weighted by Gasteiger charge is 2.29. The molecule has 1 atom stereocenters. The molecular formula is C21H22FN3O2. The molecule has 2 aromatic rings. The Hall–Kier alpha value is -2.76. The first kappa shape index (κ1) is 17.6. The molecule has 1 N–H and O–H groups in total. The normalized spacial score (nSPS) is 18.3. The average molecular weight is 367 g/mol. The number of aryl methyl sites for hydroxylation is 1. The van der Waals surface area contributed by atoms with E-state index < -0.39 is 0 Å². The van der Waals surface area contributed by atoms with Gasteiger partial charge in [0.05, 0.1) is 6.04 Å². The molecule has 140 valence electrons. The standard InChI is InChI=1S/C21H22FN3O2/c1-3-20(26)24-18-6-5-13-15(10-23-11-16(13)18)14-8-12-4-7-21(27)25(2)19(12)9-17(14)22/h8-11,18H,3-7H2,1-2H3,(H,24,26)/t18-/m1/s1. The summed E-state index contributed by atoms with van der Waals surface area (Å²) in [6.07, 6.45) is 6.53. The van der Waals surface area contributed by atoms with Crippen molar-refractivity contribution >= 4 is 17.5 Å². The van der Waals surface area contributed by atoms with Crippen molar-refractivity contribution in [3.63, 3.8) is 0 Å². The second-order valence-electron chi connectivity index (χ2n) is 7.18. The van der Waals surface area contributed by atoms with Crippen LogP contribution in [-0.4, -0.2) is 23.8 Å². The summed E-state index contributed by atoms with van der Waals surface area (Å²) in [5.74, 6) is -0.344. The number of anilines is 1. The highest BCUT2D eigenvalue weighted by molar-refractivity contribution is 5.96. The van der Waals surface area contributed by atoms with Crippen LogP contribution >= 0.6 is 0 Å². The van der Waals surface area contributed by atoms with Gasteiger partial charge in [-0.25, -0.2) is 4.39 Å². The molecule has 5 nitrogen and oxygen atoms in total. The first-order valence-corrected chi connectivity index (χ1v) is 9.35. The average Bonchev–Trinajstić information content (AvgIpc) is 3.08. The first-order chi connectivity index (χ1) is 13.0. The maximum Gasteiger partial charge on any atom is 0.227 e. The predicted molar refractivity (Wildman–Crippen MR) is 101 cm³/mol. The molecule has 2 amide bonds. The first-order valence-electron chi connectivity index (χ1n) is 9.35. The minimum Gasteiger partial charge on any atom is -0.349 e. The van der Waals surface area contributed by atoms with E-state index in [1.165, 1.54) is 11.0 Å². The minimum atomic E-state index is -0.355. The highest BCUT2D eigenvalue weighted by Crippen LogP contribution is 2.40. The zero-order valence-corrected chi connectivity index (χ0v) is 15.5. The maximum absolute atomic E-state index is 15.0. The van der Waals surface area contributed by atoms with Crippen LogP contribution in [0.4, 0.5) is 10.1 Å². The van der Waals surface area contributed by atoms with E-state index >= 15 is 0 Å². The van der Waals surface area contributed by atoms with Crippen molar-refractivity contribution < 1.29 is 14.0 Å². The molecule has 6 heteroatoms. The van der Waals surface area contributed by atoms with Crippen LogP contribution in [0.25, 0.3) is 11.1 Å². The number of rotatable bonds is 3. The molecule has 0 saturated heterocycles. The summed E-state index contributed by atoms with van der Waals surface area (Å²) in [6, 6.07) is 3.24. The molecule has 0 unspecified atom stereocenters. The second kappa shape index (κ2) is 6.76. The van der Waals surface area contributed by atoms with Gasteiger partial charge in [-0.15, -0.1) is 0 Å². The third-order valence-corrected chi connectivity index (χ3v) is 5.61. The molecule has 4 rings (SSSR count). The minimum absolute atomic E-state index is 0.00548. The summed E-state index contributed by atoms with van der Waals surface area (Å²) in [4.78, 5) is 29.5. The molecular weight excluding hydrogens is 345 g/mol. The number of fused-ring (bicyclic) bond motifs is 2. The van der Waals surface area contributed by atoms with Crippen molar-refractivity contribution in [1.82, 2.24) is 10.3 Å². The number of hydrogen-bond donors (Lipinski definition) is 1. The number of carbonyl (C=O) groups excluding carboxylic acids is 2. The van der Waals surface area contributed by atoms with E-state index in [2.05, 4.69) is 10.3 Å². The van der Waals surface area contributed by atoms with Crippen molar-refractivity contribution in [1.29, 1.82) is 0 Å². The summed E-state index contributed by atoms with van der Waals surface area (Å²) in [7, 11) is 1.68. The van der Waals surface area contributed by atoms with Crippen LogP contribution in [0, 0.1) is 5.82 Å². The molecule has 2 heterocycles. The van der Waals surface area contributed by atoms with E-state index in [9.17, 15) is 14.0 Å². The lowest BCUT2D eigenvalue weighted by Gasteiger charge is -2.26. The molecule has 2 aliphatic rings. The summed E-state index contributed by atoms with van der Waals surface area (Å²) < 4.78 is 15.0. The van der Waals surface area contributed by atoms with Gasteiger partial charge >= 0.3 is 0 Å². The Kier molecular flexibility index (Phi) is 4.42. The number of carbonyl (C=O) groups is 2. The van der Waals surface area contributed by atoms with E-state index in [-0.39, 0.29) is 23.7 Å². The quantitative estimate of drug-likeness (QED) is 0.905. The Bertz CT molecular complexity index is 941. The molecule has 0 saturated carbocycles. The second-order valence-corrected chi connectivity index (χ2v) is 7.18. The van der Waals surface area contributed by atoms with Crippen LogP contribution in [0.1, 0.15) is 48.9 Å². The SMILES string of the molecule is CCC(=O)N[C@@H]1CCc2c(-c3cc4c(cc3F)N(C)C(=O)CC4)cncc21. The van der Waals surface area contributed by atoms with Crippen molar-refractivity contribution in [2.75, 3.05) is 11.9 Å². The molecule has 0 fully saturated rings. The van der Waals surface area contributed by atoms with Crippen molar-refractivity contribution in [3.8, 4) is 11.1 Å². The van der Waals surface area contributed by atoms with Gasteiger partial charge in [0.2, 0.25) is 11.8 Å². The summed E-state index contributed by atoms with van der Waals surface area (Å²) in [5, 5.41) is 3.02. The maximum atomic E-state index is 15.0. The fourth-order valence-electron chi connectivity index (χ4n) is 4.08. The van der Waals surface area contributed by atoms with Gasteiger partial charge in [0.25, 0.3) is 0 Å². The van der Waals surface area contributed by atoms with E-state index in [1.807, 2.05) is 13.0 Å². The molecule has 27 heavy (non-hydrogen) atoms. The topological polar surface area (TPSA) is 62.3 Å². The lowest BCUT2D eigenvalue weighted by Crippen LogP contribution is -2.31. The van der Waals surface area contributed by atoms with E-state index in [0.717, 1.165) is 35.1 Å². The number of nitrogens with one attached hydrogen (secondary N) is 1. The van der Waals surface area contributed by atoms with Crippen LogP contribution < -0.4 is 10.2 Å². The number of halogens is 1. The van der Waals surface area contributed by atoms with Gasteiger partial charge in [0.15, 0.2) is 0 Å². The number of pyridine rings is 1. The van der Waals surface area contributed by atoms with Gasteiger partial charge < -0.3 is 10.2 Å². The third kappa shape index (κ3) is 2.99. The number of aromatic nitrogens is 1. The van der Waals surface area contributed by atoms with Crippen molar-refractivity contribution in [2.24, 2.45) is 0 Å². The van der Waals surface area contributed by atoms with E-state index in [1.54, 1.807) is 19.4 Å². The van der Waals surface area contributed by atoms with Crippen LogP contribution in [0.15, 0.2) is 24.5 Å². The Morgan fingerprint density at radius 1 is 1.26 bits per heavy atom. The fraction of sp³-hybridized carbons (Fsp3) is 0.381. The van der Waals surface area contributed by atoms with Gasteiger partial charge in [0.1, 0.15) is 5.82 Å². The zero-order valence-electron chi connectivity index (χ0n) is 15.5. The monoisotopic (exact) mass is 367 g/mol. The van der Waals surface area contributed by atoms with Crippen LogP contribution in [0.5, 0.6) is 0 Å². The number of amides is 2. The summed E-state index contributed by atoms with van der Waals surface area (Å²) in [5.41, 5.74) is 4.93. The smallest absolute Gasteiger partial charge is 0.227 e.